The third kappa shape index (κ3) is 2.77. The van der Waals surface area contributed by atoms with Crippen LogP contribution in [0, 0.1) is 0 Å². The first kappa shape index (κ1) is 12.3. The molecule has 2 rings (SSSR count). The number of hydrogen-bond acceptors (Lipinski definition) is 5. The lowest BCUT2D eigenvalue weighted by Gasteiger charge is -2.04. The number of phenolic OH excluding ortho intramolecular Hbond substituents is 1. The molecule has 3 nitrogen and oxygen atoms in total. The summed E-state index contributed by atoms with van der Waals surface area (Å²) in [6, 6.07) is 5.11. The molecule has 88 valence electrons. The zero-order valence-electron chi connectivity index (χ0n) is 8.89. The van der Waals surface area contributed by atoms with E-state index in [0.717, 1.165) is 10.5 Å². The van der Waals surface area contributed by atoms with Crippen molar-refractivity contribution in [1.82, 2.24) is 5.32 Å². The van der Waals surface area contributed by atoms with Gasteiger partial charge in [0.15, 0.2) is 11.5 Å². The van der Waals surface area contributed by atoms with Crippen LogP contribution in [0.15, 0.2) is 23.1 Å². The summed E-state index contributed by atoms with van der Waals surface area (Å²) in [4.78, 5) is 1.53. The standard InChI is InChI=1S/C11H9NO2S3/c1-14-8-4-6(2-3-7(8)13)5-9-10(15)12-11(16)17-9/h2-5,13H,1H3,(H,12,15,16). The number of benzene rings is 1. The van der Waals surface area contributed by atoms with E-state index in [1.165, 1.54) is 18.9 Å². The highest BCUT2D eigenvalue weighted by molar-refractivity contribution is 8.27. The van der Waals surface area contributed by atoms with Gasteiger partial charge in [-0.15, -0.1) is 0 Å². The smallest absolute Gasteiger partial charge is 0.161 e. The van der Waals surface area contributed by atoms with Gasteiger partial charge in [-0.2, -0.15) is 0 Å². The molecule has 1 aromatic carbocycles. The van der Waals surface area contributed by atoms with Crippen LogP contribution in [-0.4, -0.2) is 21.5 Å². The van der Waals surface area contributed by atoms with E-state index in [1.807, 2.05) is 6.08 Å². The van der Waals surface area contributed by atoms with E-state index in [9.17, 15) is 5.11 Å². The fraction of sp³-hybridized carbons (Fsp3) is 0.0909. The minimum Gasteiger partial charge on any atom is -0.504 e. The third-order valence-corrected chi connectivity index (χ3v) is 3.78. The molecule has 1 aromatic rings. The molecule has 0 atom stereocenters. The molecular weight excluding hydrogens is 274 g/mol. The van der Waals surface area contributed by atoms with Crippen molar-refractivity contribution < 1.29 is 9.84 Å². The van der Waals surface area contributed by atoms with Crippen molar-refractivity contribution >= 4 is 51.6 Å². The predicted molar refractivity (Wildman–Crippen MR) is 78.6 cm³/mol. The van der Waals surface area contributed by atoms with Crippen LogP contribution < -0.4 is 10.1 Å². The molecule has 2 N–H and O–H groups in total. The average molecular weight is 283 g/mol. The summed E-state index contributed by atoms with van der Waals surface area (Å²) in [5.74, 6) is 0.550. The Bertz CT molecular complexity index is 525. The van der Waals surface area contributed by atoms with Gasteiger partial charge in [0.25, 0.3) is 0 Å². The van der Waals surface area contributed by atoms with Crippen LogP contribution in [0.25, 0.3) is 6.08 Å². The van der Waals surface area contributed by atoms with Crippen molar-refractivity contribution in [2.45, 2.75) is 0 Å². The topological polar surface area (TPSA) is 41.5 Å². The maximum absolute atomic E-state index is 9.48. The number of rotatable bonds is 2. The molecule has 0 aromatic heterocycles. The Hall–Kier alpha value is -1.11. The lowest BCUT2D eigenvalue weighted by atomic mass is 10.2. The molecule has 0 radical (unpaired) electrons. The number of aromatic hydroxyl groups is 1. The largest absolute Gasteiger partial charge is 0.504 e. The van der Waals surface area contributed by atoms with E-state index in [-0.39, 0.29) is 5.75 Å². The molecule has 1 fully saturated rings. The maximum atomic E-state index is 9.48. The highest BCUT2D eigenvalue weighted by Crippen LogP contribution is 2.30. The van der Waals surface area contributed by atoms with Crippen molar-refractivity contribution in [3.05, 3.63) is 28.7 Å². The molecule has 0 bridgehead atoms. The van der Waals surface area contributed by atoms with Gasteiger partial charge in [-0.25, -0.2) is 0 Å². The average Bonchev–Trinajstić information content (AvgIpc) is 2.60. The first-order valence-corrected chi connectivity index (χ1v) is 6.35. The van der Waals surface area contributed by atoms with E-state index in [0.29, 0.717) is 15.1 Å². The zero-order valence-corrected chi connectivity index (χ0v) is 11.3. The molecule has 1 aliphatic heterocycles. The number of nitrogens with one attached hydrogen (secondary N) is 1. The van der Waals surface area contributed by atoms with Crippen LogP contribution in [0.4, 0.5) is 0 Å². The van der Waals surface area contributed by atoms with Gasteiger partial charge in [0.05, 0.1) is 7.11 Å². The van der Waals surface area contributed by atoms with Gasteiger partial charge in [0.2, 0.25) is 0 Å². The molecule has 1 heterocycles. The number of ether oxygens (including phenoxy) is 1. The summed E-state index contributed by atoms with van der Waals surface area (Å²) in [6.45, 7) is 0. The van der Waals surface area contributed by atoms with E-state index in [4.69, 9.17) is 29.2 Å². The Morgan fingerprint density at radius 1 is 1.41 bits per heavy atom. The Morgan fingerprint density at radius 3 is 2.76 bits per heavy atom. The summed E-state index contributed by atoms with van der Waals surface area (Å²) in [5.41, 5.74) is 0.899. The number of thioether (sulfide) groups is 1. The molecular formula is C11H9NO2S3. The molecule has 0 saturated carbocycles. The number of methoxy groups -OCH3 is 1. The van der Waals surface area contributed by atoms with Gasteiger partial charge in [0.1, 0.15) is 9.31 Å². The Kier molecular flexibility index (Phi) is 3.66. The second kappa shape index (κ2) is 5.03. The summed E-state index contributed by atoms with van der Waals surface area (Å²) in [6.07, 6.45) is 1.90. The molecule has 6 heteroatoms. The van der Waals surface area contributed by atoms with Crippen molar-refractivity contribution in [2.75, 3.05) is 7.11 Å². The van der Waals surface area contributed by atoms with Gasteiger partial charge in [-0.05, 0) is 23.8 Å². The summed E-state index contributed by atoms with van der Waals surface area (Å²) >= 11 is 11.6. The van der Waals surface area contributed by atoms with Crippen LogP contribution in [0.5, 0.6) is 11.5 Å². The van der Waals surface area contributed by atoms with Gasteiger partial charge < -0.3 is 15.2 Å². The van der Waals surface area contributed by atoms with Crippen LogP contribution in [0.1, 0.15) is 5.56 Å². The first-order chi connectivity index (χ1) is 8.10. The quantitative estimate of drug-likeness (QED) is 0.642. The van der Waals surface area contributed by atoms with E-state index < -0.39 is 0 Å². The highest BCUT2D eigenvalue weighted by Gasteiger charge is 2.18. The summed E-state index contributed by atoms with van der Waals surface area (Å²) in [5, 5.41) is 12.4. The van der Waals surface area contributed by atoms with Crippen molar-refractivity contribution in [2.24, 2.45) is 0 Å². The van der Waals surface area contributed by atoms with Gasteiger partial charge in [-0.1, -0.05) is 42.3 Å². The fourth-order valence-corrected chi connectivity index (χ4v) is 2.83. The summed E-state index contributed by atoms with van der Waals surface area (Å²) in [7, 11) is 1.51. The lowest BCUT2D eigenvalue weighted by molar-refractivity contribution is 0.373. The van der Waals surface area contributed by atoms with Crippen molar-refractivity contribution in [3.63, 3.8) is 0 Å². The summed E-state index contributed by atoms with van der Waals surface area (Å²) < 4.78 is 5.70. The third-order valence-electron chi connectivity index (χ3n) is 2.14. The van der Waals surface area contributed by atoms with E-state index >= 15 is 0 Å². The highest BCUT2D eigenvalue weighted by atomic mass is 32.2. The second-order valence-electron chi connectivity index (χ2n) is 3.28. The van der Waals surface area contributed by atoms with E-state index in [1.54, 1.807) is 18.2 Å². The molecule has 1 saturated heterocycles. The van der Waals surface area contributed by atoms with Gasteiger partial charge in [-0.3, -0.25) is 0 Å². The lowest BCUT2D eigenvalue weighted by Crippen LogP contribution is -2.15. The van der Waals surface area contributed by atoms with E-state index in [2.05, 4.69) is 5.32 Å². The molecule has 0 unspecified atom stereocenters. The first-order valence-electron chi connectivity index (χ1n) is 4.72. The van der Waals surface area contributed by atoms with Gasteiger partial charge >= 0.3 is 0 Å². The zero-order chi connectivity index (χ0) is 12.4. The predicted octanol–water partition coefficient (Wildman–Crippen LogP) is 2.69. The maximum Gasteiger partial charge on any atom is 0.161 e. The van der Waals surface area contributed by atoms with Crippen LogP contribution >= 0.6 is 36.2 Å². The van der Waals surface area contributed by atoms with Crippen LogP contribution in [0.2, 0.25) is 0 Å². The molecule has 0 aliphatic carbocycles. The fourth-order valence-electron chi connectivity index (χ4n) is 1.36. The molecule has 17 heavy (non-hydrogen) atoms. The van der Waals surface area contributed by atoms with Gasteiger partial charge in [0, 0.05) is 4.91 Å². The SMILES string of the molecule is COc1cc(C=C2SC(=S)NC2=S)ccc1O. The normalized spacial score (nSPS) is 17.4. The Balaban J connectivity index is 2.33. The second-order valence-corrected chi connectivity index (χ2v) is 5.41. The minimum atomic E-state index is 0.116. The van der Waals surface area contributed by atoms with Crippen LogP contribution in [-0.2, 0) is 0 Å². The number of hydrogen-bond donors (Lipinski definition) is 2. The van der Waals surface area contributed by atoms with Crippen molar-refractivity contribution in [1.29, 1.82) is 0 Å². The number of phenols is 1. The Morgan fingerprint density at radius 2 is 2.18 bits per heavy atom. The van der Waals surface area contributed by atoms with Crippen LogP contribution in [0.3, 0.4) is 0 Å². The minimum absolute atomic E-state index is 0.116. The molecule has 1 aliphatic rings. The monoisotopic (exact) mass is 283 g/mol. The molecule has 0 spiro atoms. The van der Waals surface area contributed by atoms with Crippen molar-refractivity contribution in [3.8, 4) is 11.5 Å². The molecule has 0 amide bonds. The number of thiocarbonyl (C=S) groups is 2. The Labute approximate surface area is 114 Å².